The van der Waals surface area contributed by atoms with Crippen molar-refractivity contribution in [1.29, 1.82) is 0 Å². The van der Waals surface area contributed by atoms with Crippen molar-refractivity contribution in [3.63, 3.8) is 0 Å². The normalized spacial score (nSPS) is 31.9. The van der Waals surface area contributed by atoms with E-state index in [0.29, 0.717) is 12.5 Å². The summed E-state index contributed by atoms with van der Waals surface area (Å²) in [5.41, 5.74) is 0. The molecule has 0 aliphatic carbocycles. The third kappa shape index (κ3) is 1.57. The second-order valence-corrected chi connectivity index (χ2v) is 3.30. The Balaban J connectivity index is 2.22. The predicted octanol–water partition coefficient (Wildman–Crippen LogP) is 1.25. The number of hydrogen-bond donors (Lipinski definition) is 0. The van der Waals surface area contributed by atoms with Crippen LogP contribution in [-0.4, -0.2) is 19.0 Å². The van der Waals surface area contributed by atoms with Crippen LogP contribution in [0.1, 0.15) is 20.3 Å². The van der Waals surface area contributed by atoms with Crippen molar-refractivity contribution in [2.24, 2.45) is 11.8 Å². The number of ether oxygens (including phenoxy) is 1. The summed E-state index contributed by atoms with van der Waals surface area (Å²) in [7, 11) is 0. The highest BCUT2D eigenvalue weighted by Gasteiger charge is 2.31. The van der Waals surface area contributed by atoms with Crippen LogP contribution in [0.2, 0.25) is 0 Å². The zero-order chi connectivity index (χ0) is 7.56. The van der Waals surface area contributed by atoms with Crippen LogP contribution >= 0.6 is 0 Å². The third-order valence-corrected chi connectivity index (χ3v) is 1.86. The van der Waals surface area contributed by atoms with Gasteiger partial charge in [-0.3, -0.25) is 0 Å². The van der Waals surface area contributed by atoms with Crippen LogP contribution in [0, 0.1) is 11.8 Å². The van der Waals surface area contributed by atoms with E-state index in [1.807, 2.05) is 0 Å². The van der Waals surface area contributed by atoms with Gasteiger partial charge in [0.1, 0.15) is 6.29 Å². The van der Waals surface area contributed by atoms with Gasteiger partial charge >= 0.3 is 0 Å². The molecule has 1 aliphatic rings. The van der Waals surface area contributed by atoms with Gasteiger partial charge in [-0.2, -0.15) is 0 Å². The van der Waals surface area contributed by atoms with Gasteiger partial charge < -0.3 is 9.53 Å². The van der Waals surface area contributed by atoms with Crippen LogP contribution in [0.3, 0.4) is 0 Å². The Morgan fingerprint density at radius 2 is 2.40 bits per heavy atom. The molecule has 2 atom stereocenters. The minimum absolute atomic E-state index is 0.183. The van der Waals surface area contributed by atoms with Crippen LogP contribution in [0.25, 0.3) is 0 Å². The summed E-state index contributed by atoms with van der Waals surface area (Å²) < 4.78 is 5.21. The van der Waals surface area contributed by atoms with Gasteiger partial charge in [-0.25, -0.2) is 0 Å². The molecule has 2 unspecified atom stereocenters. The first-order valence-corrected chi connectivity index (χ1v) is 3.81. The standard InChI is InChI=1S/C8H14O2/c1-6(2)3-8-7(4-9)5-10-8/h4,6-8H,3,5H2,1-2H3. The van der Waals surface area contributed by atoms with E-state index in [2.05, 4.69) is 13.8 Å². The molecule has 58 valence electrons. The van der Waals surface area contributed by atoms with E-state index in [9.17, 15) is 4.79 Å². The van der Waals surface area contributed by atoms with Crippen molar-refractivity contribution >= 4 is 6.29 Å². The molecule has 1 rings (SSSR count). The average Bonchev–Trinajstić information content (AvgIpc) is 1.82. The molecular formula is C8H14O2. The molecule has 0 aromatic rings. The monoisotopic (exact) mass is 142 g/mol. The van der Waals surface area contributed by atoms with Gasteiger partial charge in [0.2, 0.25) is 0 Å². The van der Waals surface area contributed by atoms with Gasteiger partial charge in [-0.15, -0.1) is 0 Å². The Kier molecular flexibility index (Phi) is 2.44. The fraction of sp³-hybridized carbons (Fsp3) is 0.875. The van der Waals surface area contributed by atoms with Crippen molar-refractivity contribution in [2.45, 2.75) is 26.4 Å². The maximum atomic E-state index is 10.3. The number of aldehydes is 1. The quantitative estimate of drug-likeness (QED) is 0.554. The van der Waals surface area contributed by atoms with Crippen LogP contribution in [0.15, 0.2) is 0 Å². The van der Waals surface area contributed by atoms with Crippen LogP contribution in [-0.2, 0) is 9.53 Å². The summed E-state index contributed by atoms with van der Waals surface area (Å²) in [6.07, 6.45) is 2.25. The minimum Gasteiger partial charge on any atom is -0.377 e. The summed E-state index contributed by atoms with van der Waals surface area (Å²) in [5, 5.41) is 0. The number of carbonyl (C=O) groups is 1. The fourth-order valence-electron chi connectivity index (χ4n) is 1.18. The largest absolute Gasteiger partial charge is 0.377 e. The summed E-state index contributed by atoms with van der Waals surface area (Å²) in [6.45, 7) is 4.92. The zero-order valence-electron chi connectivity index (χ0n) is 6.54. The smallest absolute Gasteiger partial charge is 0.127 e. The molecule has 10 heavy (non-hydrogen) atoms. The first kappa shape index (κ1) is 7.73. The van der Waals surface area contributed by atoms with Crippen LogP contribution in [0.4, 0.5) is 0 Å². The van der Waals surface area contributed by atoms with Gasteiger partial charge in [0.15, 0.2) is 0 Å². The Morgan fingerprint density at radius 3 is 2.70 bits per heavy atom. The van der Waals surface area contributed by atoms with Crippen molar-refractivity contribution < 1.29 is 9.53 Å². The van der Waals surface area contributed by atoms with Gasteiger partial charge in [0, 0.05) is 0 Å². The fourth-order valence-corrected chi connectivity index (χ4v) is 1.18. The molecule has 0 aromatic carbocycles. The average molecular weight is 142 g/mol. The molecule has 1 aliphatic heterocycles. The van der Waals surface area contributed by atoms with Crippen LogP contribution in [0.5, 0.6) is 0 Å². The molecule has 1 heterocycles. The Morgan fingerprint density at radius 1 is 1.70 bits per heavy atom. The number of hydrogen-bond acceptors (Lipinski definition) is 2. The van der Waals surface area contributed by atoms with Gasteiger partial charge in [0.05, 0.1) is 18.6 Å². The molecule has 0 aromatic heterocycles. The zero-order valence-corrected chi connectivity index (χ0v) is 6.54. The molecular weight excluding hydrogens is 128 g/mol. The van der Waals surface area contributed by atoms with Crippen molar-refractivity contribution in [3.05, 3.63) is 0 Å². The van der Waals surface area contributed by atoms with E-state index < -0.39 is 0 Å². The Hall–Kier alpha value is -0.370. The molecule has 2 heteroatoms. The lowest BCUT2D eigenvalue weighted by molar-refractivity contribution is -0.145. The predicted molar refractivity (Wildman–Crippen MR) is 38.7 cm³/mol. The van der Waals surface area contributed by atoms with E-state index >= 15 is 0 Å². The molecule has 1 saturated heterocycles. The molecule has 0 spiro atoms. The highest BCUT2D eigenvalue weighted by molar-refractivity contribution is 5.55. The van der Waals surface area contributed by atoms with E-state index in [-0.39, 0.29) is 12.0 Å². The van der Waals surface area contributed by atoms with Gasteiger partial charge in [0.25, 0.3) is 0 Å². The second-order valence-electron chi connectivity index (χ2n) is 3.30. The maximum Gasteiger partial charge on any atom is 0.127 e. The van der Waals surface area contributed by atoms with E-state index in [0.717, 1.165) is 12.7 Å². The van der Waals surface area contributed by atoms with Crippen molar-refractivity contribution in [2.75, 3.05) is 6.61 Å². The van der Waals surface area contributed by atoms with Crippen LogP contribution < -0.4 is 0 Å². The molecule has 0 saturated carbocycles. The lowest BCUT2D eigenvalue weighted by atomic mass is 9.92. The Bertz CT molecular complexity index is 120. The van der Waals surface area contributed by atoms with Crippen molar-refractivity contribution in [3.8, 4) is 0 Å². The lowest BCUT2D eigenvalue weighted by Crippen LogP contribution is -2.41. The molecule has 0 N–H and O–H groups in total. The van der Waals surface area contributed by atoms with E-state index in [4.69, 9.17) is 4.74 Å². The molecule has 0 radical (unpaired) electrons. The van der Waals surface area contributed by atoms with Gasteiger partial charge in [-0.1, -0.05) is 13.8 Å². The lowest BCUT2D eigenvalue weighted by Gasteiger charge is -2.34. The summed E-state index contributed by atoms with van der Waals surface area (Å²) in [6, 6.07) is 0. The number of carbonyl (C=O) groups excluding carboxylic acids is 1. The molecule has 1 fully saturated rings. The molecule has 2 nitrogen and oxygen atoms in total. The number of rotatable bonds is 3. The van der Waals surface area contributed by atoms with E-state index in [1.54, 1.807) is 0 Å². The SMILES string of the molecule is CC(C)CC1OCC1C=O. The first-order chi connectivity index (χ1) is 4.74. The van der Waals surface area contributed by atoms with Gasteiger partial charge in [-0.05, 0) is 12.3 Å². The molecule has 0 amide bonds. The maximum absolute atomic E-state index is 10.3. The third-order valence-electron chi connectivity index (χ3n) is 1.86. The van der Waals surface area contributed by atoms with E-state index in [1.165, 1.54) is 0 Å². The first-order valence-electron chi connectivity index (χ1n) is 3.81. The minimum atomic E-state index is 0.183. The molecule has 0 bridgehead atoms. The van der Waals surface area contributed by atoms with Crippen molar-refractivity contribution in [1.82, 2.24) is 0 Å². The highest BCUT2D eigenvalue weighted by atomic mass is 16.5. The summed E-state index contributed by atoms with van der Waals surface area (Å²) in [5.74, 6) is 0.815. The summed E-state index contributed by atoms with van der Waals surface area (Å²) >= 11 is 0. The highest BCUT2D eigenvalue weighted by Crippen LogP contribution is 2.24. The second kappa shape index (κ2) is 3.15. The topological polar surface area (TPSA) is 26.3 Å². The Labute approximate surface area is 61.6 Å². The summed E-state index contributed by atoms with van der Waals surface area (Å²) in [4.78, 5) is 10.3.